The normalized spacial score (nSPS) is 18.5. The van der Waals surface area contributed by atoms with Crippen LogP contribution in [0.3, 0.4) is 0 Å². The first-order valence-corrected chi connectivity index (χ1v) is 9.48. The van der Waals surface area contributed by atoms with E-state index in [-0.39, 0.29) is 0 Å². The largest absolute Gasteiger partial charge is 0.240 e. The fraction of sp³-hybridized carbons (Fsp3) is 0.625. The lowest BCUT2D eigenvalue weighted by molar-refractivity contribution is 0.588. The van der Waals surface area contributed by atoms with Crippen molar-refractivity contribution in [3.05, 3.63) is 24.3 Å². The van der Waals surface area contributed by atoms with Gasteiger partial charge in [-0.2, -0.15) is 0 Å². The number of sulfonamides is 1. The van der Waals surface area contributed by atoms with Crippen LogP contribution >= 0.6 is 0 Å². The smallest absolute Gasteiger partial charge is 0.214 e. The van der Waals surface area contributed by atoms with Gasteiger partial charge in [0.25, 0.3) is 0 Å². The Morgan fingerprint density at radius 3 is 2.00 bits per heavy atom. The Hall–Kier alpha value is -0.805. The summed E-state index contributed by atoms with van der Waals surface area (Å²) in [6.07, 6.45) is 10.6. The standard InChI is InChI=1S/C16H25BNO2S/c1-18-21(19,20)16-12-10-15(11-13-16)17-14-8-6-4-2-3-5-7-9-14/h10-14,18H,2-9H2,1H3. The summed E-state index contributed by atoms with van der Waals surface area (Å²) in [7, 11) is 0.430. The van der Waals surface area contributed by atoms with Crippen LogP contribution in [-0.2, 0) is 10.0 Å². The number of hydrogen-bond donors (Lipinski definition) is 1. The molecule has 5 heteroatoms. The predicted octanol–water partition coefficient (Wildman–Crippen LogP) is 2.85. The maximum absolute atomic E-state index is 11.7. The maximum Gasteiger partial charge on any atom is 0.240 e. The van der Waals surface area contributed by atoms with Gasteiger partial charge in [-0.25, -0.2) is 13.1 Å². The van der Waals surface area contributed by atoms with E-state index in [0.29, 0.717) is 10.7 Å². The highest BCUT2D eigenvalue weighted by Crippen LogP contribution is 2.25. The average molecular weight is 306 g/mol. The summed E-state index contributed by atoms with van der Waals surface area (Å²) in [6, 6.07) is 7.20. The predicted molar refractivity (Wildman–Crippen MR) is 88.8 cm³/mol. The van der Waals surface area contributed by atoms with E-state index >= 15 is 0 Å². The van der Waals surface area contributed by atoms with Crippen LogP contribution < -0.4 is 10.2 Å². The molecular weight excluding hydrogens is 281 g/mol. The Bertz CT molecular complexity index is 518. The van der Waals surface area contributed by atoms with Crippen molar-refractivity contribution >= 4 is 22.8 Å². The van der Waals surface area contributed by atoms with Gasteiger partial charge < -0.3 is 0 Å². The lowest BCUT2D eigenvalue weighted by Crippen LogP contribution is -2.22. The lowest BCUT2D eigenvalue weighted by atomic mass is 9.56. The molecule has 21 heavy (non-hydrogen) atoms. The van der Waals surface area contributed by atoms with E-state index in [1.54, 1.807) is 12.1 Å². The van der Waals surface area contributed by atoms with Crippen LogP contribution in [0.25, 0.3) is 0 Å². The van der Waals surface area contributed by atoms with E-state index in [1.807, 2.05) is 12.1 Å². The molecule has 0 atom stereocenters. The van der Waals surface area contributed by atoms with Crippen molar-refractivity contribution in [3.63, 3.8) is 0 Å². The minimum atomic E-state index is -3.33. The van der Waals surface area contributed by atoms with Crippen molar-refractivity contribution in [2.24, 2.45) is 0 Å². The zero-order chi connectivity index (χ0) is 15.1. The summed E-state index contributed by atoms with van der Waals surface area (Å²) in [5.41, 5.74) is 1.13. The van der Waals surface area contributed by atoms with Crippen LogP contribution in [0.15, 0.2) is 29.2 Å². The van der Waals surface area contributed by atoms with Gasteiger partial charge in [-0.3, -0.25) is 0 Å². The molecular formula is C16H25BNO2S. The van der Waals surface area contributed by atoms with Gasteiger partial charge in [0, 0.05) is 0 Å². The summed E-state index contributed by atoms with van der Waals surface area (Å²) < 4.78 is 25.7. The molecule has 0 bridgehead atoms. The van der Waals surface area contributed by atoms with Crippen molar-refractivity contribution in [2.75, 3.05) is 7.05 Å². The quantitative estimate of drug-likeness (QED) is 0.870. The molecule has 1 aliphatic carbocycles. The summed E-state index contributed by atoms with van der Waals surface area (Å²) in [5, 5.41) is 0. The lowest BCUT2D eigenvalue weighted by Gasteiger charge is -2.15. The molecule has 115 valence electrons. The number of hydrogen-bond acceptors (Lipinski definition) is 2. The van der Waals surface area contributed by atoms with Gasteiger partial charge in [-0.1, -0.05) is 74.8 Å². The van der Waals surface area contributed by atoms with E-state index in [1.165, 1.54) is 58.4 Å². The molecule has 0 heterocycles. The minimum absolute atomic E-state index is 0.330. The first kappa shape index (κ1) is 16.6. The van der Waals surface area contributed by atoms with Crippen LogP contribution in [0.4, 0.5) is 0 Å². The van der Waals surface area contributed by atoms with Crippen LogP contribution in [0.5, 0.6) is 0 Å². The van der Waals surface area contributed by atoms with Crippen LogP contribution in [0.1, 0.15) is 51.4 Å². The molecule has 1 fully saturated rings. The van der Waals surface area contributed by atoms with Gasteiger partial charge in [-0.05, 0) is 19.2 Å². The third-order valence-electron chi connectivity index (χ3n) is 4.29. The molecule has 0 aliphatic heterocycles. The highest BCUT2D eigenvalue weighted by Gasteiger charge is 2.14. The Balaban J connectivity index is 1.98. The molecule has 1 N–H and O–H groups in total. The molecule has 1 aromatic rings. The zero-order valence-electron chi connectivity index (χ0n) is 12.8. The Morgan fingerprint density at radius 1 is 0.952 bits per heavy atom. The van der Waals surface area contributed by atoms with E-state index in [2.05, 4.69) is 12.0 Å². The van der Waals surface area contributed by atoms with Crippen LogP contribution in [0, 0.1) is 0 Å². The van der Waals surface area contributed by atoms with Gasteiger partial charge in [0.2, 0.25) is 10.0 Å². The second kappa shape index (κ2) is 7.99. The molecule has 1 aliphatic rings. The summed E-state index contributed by atoms with van der Waals surface area (Å²) in [4.78, 5) is 0.330. The monoisotopic (exact) mass is 306 g/mol. The van der Waals surface area contributed by atoms with Crippen molar-refractivity contribution in [1.82, 2.24) is 4.72 Å². The molecule has 0 spiro atoms. The molecule has 1 radical (unpaired) electrons. The maximum atomic E-state index is 11.7. The van der Waals surface area contributed by atoms with Crippen molar-refractivity contribution < 1.29 is 8.42 Å². The molecule has 0 amide bonds. The molecule has 0 aromatic heterocycles. The topological polar surface area (TPSA) is 46.2 Å². The number of rotatable bonds is 4. The first-order chi connectivity index (χ1) is 10.1. The SMILES string of the molecule is CNS(=O)(=O)c1ccc([B]C2CCCCCCCC2)cc1. The Kier molecular flexibility index (Phi) is 6.30. The third kappa shape index (κ3) is 5.15. The average Bonchev–Trinajstić information content (AvgIpc) is 2.62. The van der Waals surface area contributed by atoms with Gasteiger partial charge in [-0.15, -0.1) is 0 Å². The Morgan fingerprint density at radius 2 is 1.48 bits per heavy atom. The molecule has 0 unspecified atom stereocenters. The zero-order valence-corrected chi connectivity index (χ0v) is 13.7. The van der Waals surface area contributed by atoms with E-state index in [0.717, 1.165) is 5.46 Å². The third-order valence-corrected chi connectivity index (χ3v) is 5.72. The van der Waals surface area contributed by atoms with Gasteiger partial charge >= 0.3 is 0 Å². The molecule has 1 saturated carbocycles. The van der Waals surface area contributed by atoms with Crippen molar-refractivity contribution in [1.29, 1.82) is 0 Å². The molecule has 1 aromatic carbocycles. The molecule has 2 rings (SSSR count). The van der Waals surface area contributed by atoms with E-state index < -0.39 is 10.0 Å². The van der Waals surface area contributed by atoms with E-state index in [4.69, 9.17) is 0 Å². The highest BCUT2D eigenvalue weighted by atomic mass is 32.2. The summed E-state index contributed by atoms with van der Waals surface area (Å²) in [5.74, 6) is 0.634. The second-order valence-electron chi connectivity index (χ2n) is 5.90. The number of nitrogens with one attached hydrogen (secondary N) is 1. The van der Waals surface area contributed by atoms with Crippen molar-refractivity contribution in [2.45, 2.75) is 62.1 Å². The molecule has 0 saturated heterocycles. The first-order valence-electron chi connectivity index (χ1n) is 8.00. The molecule has 3 nitrogen and oxygen atoms in total. The van der Waals surface area contributed by atoms with Crippen LogP contribution in [0.2, 0.25) is 5.82 Å². The summed E-state index contributed by atoms with van der Waals surface area (Å²) in [6.45, 7) is 0. The second-order valence-corrected chi connectivity index (χ2v) is 7.79. The van der Waals surface area contributed by atoms with Crippen molar-refractivity contribution in [3.8, 4) is 0 Å². The summed E-state index contributed by atoms with van der Waals surface area (Å²) >= 11 is 0. The minimum Gasteiger partial charge on any atom is -0.214 e. The number of benzene rings is 1. The van der Waals surface area contributed by atoms with E-state index in [9.17, 15) is 8.42 Å². The van der Waals surface area contributed by atoms with Gasteiger partial charge in [0.1, 0.15) is 0 Å². The fourth-order valence-corrected chi connectivity index (χ4v) is 3.71. The highest BCUT2D eigenvalue weighted by molar-refractivity contribution is 7.89. The van der Waals surface area contributed by atoms with Gasteiger partial charge in [0.05, 0.1) is 4.90 Å². The Labute approximate surface area is 129 Å². The van der Waals surface area contributed by atoms with Gasteiger partial charge in [0.15, 0.2) is 7.28 Å². The van der Waals surface area contributed by atoms with Crippen LogP contribution in [-0.4, -0.2) is 22.7 Å². The fourth-order valence-electron chi connectivity index (χ4n) is 2.98.